The Bertz CT molecular complexity index is 6600. The van der Waals surface area contributed by atoms with E-state index in [9.17, 15) is 21.7 Å². The quantitative estimate of drug-likeness (QED) is 0.142. The van der Waals surface area contributed by atoms with E-state index in [0.717, 1.165) is 49.6 Å². The van der Waals surface area contributed by atoms with Crippen molar-refractivity contribution in [2.75, 3.05) is 9.80 Å². The number of anilines is 6. The molecule has 0 spiro atoms. The Morgan fingerprint density at radius 1 is 0.340 bits per heavy atom. The average molecular weight is 1270 g/mol. The maximum Gasteiger partial charge on any atom is 0.252 e. The van der Waals surface area contributed by atoms with Crippen molar-refractivity contribution >= 4 is 101 Å². The fourth-order valence-electron chi connectivity index (χ4n) is 14.5. The van der Waals surface area contributed by atoms with Crippen molar-refractivity contribution in [1.82, 2.24) is 9.13 Å². The minimum atomic E-state index is -0.938. The van der Waals surface area contributed by atoms with Crippen LogP contribution in [0.4, 0.5) is 34.1 Å². The Balaban J connectivity index is 1.11. The number of hydrogen-bond donors (Lipinski definition) is 0. The van der Waals surface area contributed by atoms with Gasteiger partial charge in [0.05, 0.1) is 69.7 Å². The van der Waals surface area contributed by atoms with Crippen molar-refractivity contribution < 1.29 is 24.7 Å². The van der Waals surface area contributed by atoms with Crippen LogP contribution >= 0.6 is 0 Å². The SMILES string of the molecule is [2H]c1c([2H])c([2H])c(-c2ccc3c(c2)N(c2cc(C#N)cc(-n4c5ccc(C(C)(C)C)cc5c5cc(C(C)(C)C)ccc54)c2)c2cc(-n4c5c([2H])c([2H])c([2H])c([2H])c5c5c([2H])c([2H])c([2H])c([2H])c54)cc4c2B3c2ccc(-c3c([2H])c([2H])c([2H])c([2H])c3[2H])cc2N4c2c(-c3ccccc3)cc(C(C)(C)C)cc2-c2ccccc2)c([2H])c1[2H]. The second kappa shape index (κ2) is 22.4. The molecule has 2 aromatic heterocycles. The maximum atomic E-state index is 11.8. The maximum absolute atomic E-state index is 11.8. The van der Waals surface area contributed by atoms with Crippen molar-refractivity contribution in [3.8, 4) is 62.0 Å². The van der Waals surface area contributed by atoms with E-state index in [1.807, 2.05) is 102 Å². The van der Waals surface area contributed by atoms with Crippen LogP contribution in [0.15, 0.2) is 285 Å². The van der Waals surface area contributed by atoms with E-state index in [2.05, 4.69) is 126 Å². The zero-order chi connectivity index (χ0) is 81.9. The first-order valence-corrected chi connectivity index (χ1v) is 32.6. The lowest BCUT2D eigenvalue weighted by Gasteiger charge is -2.45. The molecule has 5 nitrogen and oxygen atoms in total. The predicted octanol–water partition coefficient (Wildman–Crippen LogP) is 22.4. The predicted molar refractivity (Wildman–Crippen MR) is 412 cm³/mol. The largest absolute Gasteiger partial charge is 0.311 e. The molecule has 2 aliphatic rings. The summed E-state index contributed by atoms with van der Waals surface area (Å²) in [4.78, 5) is 4.03. The first kappa shape index (κ1) is 42.8. The number of nitriles is 1. The van der Waals surface area contributed by atoms with Gasteiger partial charge in [-0.1, -0.05) is 256 Å². The van der Waals surface area contributed by atoms with Crippen molar-refractivity contribution in [2.24, 2.45) is 0 Å². The van der Waals surface area contributed by atoms with E-state index in [4.69, 9.17) is 8.22 Å². The Hall–Kier alpha value is -11.4. The molecule has 0 aliphatic carbocycles. The summed E-state index contributed by atoms with van der Waals surface area (Å²) in [6.45, 7) is 18.4. The molecule has 6 heteroatoms. The average Bonchev–Trinajstić information content (AvgIpc) is 1.49. The van der Waals surface area contributed by atoms with Gasteiger partial charge in [-0.15, -0.1) is 0 Å². The van der Waals surface area contributed by atoms with Crippen molar-refractivity contribution in [3.63, 3.8) is 0 Å². The number of hydrogen-bond acceptors (Lipinski definition) is 3. The highest BCUT2D eigenvalue weighted by atomic mass is 15.2. The molecule has 466 valence electrons. The van der Waals surface area contributed by atoms with Crippen LogP contribution in [0, 0.1) is 11.3 Å². The summed E-state index contributed by atoms with van der Waals surface area (Å²) < 4.78 is 173. The summed E-state index contributed by atoms with van der Waals surface area (Å²) in [5.41, 5.74) is 11.6. The molecule has 4 heterocycles. The number of aromatic nitrogens is 2. The van der Waals surface area contributed by atoms with Gasteiger partial charge in [-0.25, -0.2) is 0 Å². The molecule has 17 rings (SSSR count). The molecule has 0 saturated carbocycles. The van der Waals surface area contributed by atoms with Crippen LogP contribution in [0.1, 0.15) is 109 Å². The summed E-state index contributed by atoms with van der Waals surface area (Å²) in [7, 11) is 0. The van der Waals surface area contributed by atoms with E-state index in [1.54, 1.807) is 30.3 Å². The van der Waals surface area contributed by atoms with E-state index in [-0.39, 0.29) is 66.1 Å². The molecule has 0 radical (unpaired) electrons. The molecule has 13 aromatic carbocycles. The lowest BCUT2D eigenvalue weighted by molar-refractivity contribution is 0.590. The fraction of sp³-hybridized carbons (Fsp3) is 0.132. The van der Waals surface area contributed by atoms with Crippen molar-refractivity contribution in [2.45, 2.75) is 78.6 Å². The molecule has 97 heavy (non-hydrogen) atoms. The second-order valence-electron chi connectivity index (χ2n) is 28.4. The third-order valence-corrected chi connectivity index (χ3v) is 19.3. The van der Waals surface area contributed by atoms with Gasteiger partial charge in [0, 0.05) is 66.8 Å². The standard InChI is InChI=1S/C91H74BN5/c1-89(2,3)65-40-44-81-75(50-65)76-51-66(90(4,5)6)41-45-82(76)94(81)68-46-58(57-93)47-69(54-68)96-83-48-63(59-26-14-10-15-27-59)38-42-77(83)92-78-43-39-64(60-28-16-11-17-29-60)49-84(78)97(86-56-70(55-85(96)87(86)92)95-79-36-24-22-34-71(79)72-35-23-25-37-80(72)95)88-73(61-30-18-12-19-31-61)52-67(91(7,8)9)53-74(88)62-32-20-13-21-33-62/h10-56H,1-9H3/i10D,11D,14D,15D,16D,17D,22D,23D,24D,25D,26D,27D,28D,29D,34D,35D,36D,37D. The molecule has 0 saturated heterocycles. The van der Waals surface area contributed by atoms with Crippen LogP contribution < -0.4 is 26.2 Å². The molecule has 0 bridgehead atoms. The first-order chi connectivity index (χ1) is 54.4. The molecule has 0 fully saturated rings. The number of rotatable bonds is 8. The number of benzene rings is 13. The smallest absolute Gasteiger partial charge is 0.252 e. The minimum absolute atomic E-state index is 0.101. The van der Waals surface area contributed by atoms with E-state index < -0.39 is 121 Å². The minimum Gasteiger partial charge on any atom is -0.311 e. The summed E-state index contributed by atoms with van der Waals surface area (Å²) in [6.07, 6.45) is 0. The molecule has 0 amide bonds. The lowest BCUT2D eigenvalue weighted by atomic mass is 9.33. The van der Waals surface area contributed by atoms with Crippen LogP contribution in [0.3, 0.4) is 0 Å². The van der Waals surface area contributed by atoms with E-state index in [1.165, 1.54) is 4.57 Å². The lowest BCUT2D eigenvalue weighted by Crippen LogP contribution is -2.61. The highest BCUT2D eigenvalue weighted by Crippen LogP contribution is 2.54. The van der Waals surface area contributed by atoms with E-state index >= 15 is 0 Å². The third-order valence-electron chi connectivity index (χ3n) is 19.3. The topological polar surface area (TPSA) is 40.1 Å². The Kier molecular flexibility index (Phi) is 9.88. The monoisotopic (exact) mass is 1270 g/mol. The second-order valence-corrected chi connectivity index (χ2v) is 28.4. The van der Waals surface area contributed by atoms with Crippen molar-refractivity contribution in [1.29, 1.82) is 5.26 Å². The Labute approximate surface area is 594 Å². The normalized spacial score (nSPS) is 15.5. The Morgan fingerprint density at radius 2 is 0.773 bits per heavy atom. The van der Waals surface area contributed by atoms with Gasteiger partial charge in [0.2, 0.25) is 0 Å². The summed E-state index contributed by atoms with van der Waals surface area (Å²) in [6, 6.07) is 49.0. The van der Waals surface area contributed by atoms with E-state index in [0.29, 0.717) is 67.3 Å². The van der Waals surface area contributed by atoms with Crippen LogP contribution in [-0.2, 0) is 16.2 Å². The molecule has 0 atom stereocenters. The molecule has 15 aromatic rings. The van der Waals surface area contributed by atoms with Gasteiger partial charge in [-0.2, -0.15) is 5.26 Å². The van der Waals surface area contributed by atoms with Gasteiger partial charge in [-0.3, -0.25) is 0 Å². The molecule has 0 unspecified atom stereocenters. The van der Waals surface area contributed by atoms with Crippen molar-refractivity contribution in [3.05, 3.63) is 307 Å². The third kappa shape index (κ3) is 9.81. The molecular formula is C91H74BN5. The summed E-state index contributed by atoms with van der Waals surface area (Å²) in [5, 5.41) is 13.3. The summed E-state index contributed by atoms with van der Waals surface area (Å²) in [5.74, 6) is 0. The number of nitrogens with zero attached hydrogens (tertiary/aromatic N) is 5. The van der Waals surface area contributed by atoms with Gasteiger partial charge in [0.25, 0.3) is 6.71 Å². The van der Waals surface area contributed by atoms with Crippen LogP contribution in [0.2, 0.25) is 0 Å². The highest BCUT2D eigenvalue weighted by Gasteiger charge is 2.45. The molecule has 2 aliphatic heterocycles. The number of para-hydroxylation sites is 2. The van der Waals surface area contributed by atoms with Gasteiger partial charge in [-0.05, 0) is 174 Å². The van der Waals surface area contributed by atoms with Gasteiger partial charge in [0.15, 0.2) is 0 Å². The van der Waals surface area contributed by atoms with Crippen LogP contribution in [-0.4, -0.2) is 15.8 Å². The zero-order valence-corrected chi connectivity index (χ0v) is 55.1. The number of fused-ring (bicyclic) bond motifs is 10. The fourth-order valence-corrected chi connectivity index (χ4v) is 14.5. The molecule has 0 N–H and O–H groups in total. The van der Waals surface area contributed by atoms with Gasteiger partial charge >= 0.3 is 0 Å². The Morgan fingerprint density at radius 3 is 1.26 bits per heavy atom. The van der Waals surface area contributed by atoms with Crippen LogP contribution in [0.5, 0.6) is 0 Å². The van der Waals surface area contributed by atoms with Gasteiger partial charge < -0.3 is 18.9 Å². The van der Waals surface area contributed by atoms with Crippen LogP contribution in [0.25, 0.3) is 99.5 Å². The highest BCUT2D eigenvalue weighted by molar-refractivity contribution is 7.00. The zero-order valence-electron chi connectivity index (χ0n) is 73.1. The summed E-state index contributed by atoms with van der Waals surface area (Å²) >= 11 is 0. The van der Waals surface area contributed by atoms with Gasteiger partial charge in [0.1, 0.15) is 0 Å². The molecular weight excluding hydrogens is 1170 g/mol. The first-order valence-electron chi connectivity index (χ1n) is 41.6.